The summed E-state index contributed by atoms with van der Waals surface area (Å²) in [5.74, 6) is 0.377. The molecular formula is C22H26N4O2S. The van der Waals surface area contributed by atoms with Gasteiger partial charge in [0.25, 0.3) is 0 Å². The summed E-state index contributed by atoms with van der Waals surface area (Å²) in [7, 11) is 1.41. The average molecular weight is 411 g/mol. The van der Waals surface area contributed by atoms with E-state index in [0.717, 1.165) is 27.4 Å². The molecule has 0 spiro atoms. The molecule has 0 aliphatic carbocycles. The fourth-order valence-corrected chi connectivity index (χ4v) is 3.64. The quantitative estimate of drug-likeness (QED) is 0.586. The van der Waals surface area contributed by atoms with Gasteiger partial charge in [-0.1, -0.05) is 32.9 Å². The topological polar surface area (TPSA) is 77.9 Å². The lowest BCUT2D eigenvalue weighted by Gasteiger charge is -2.16. The number of hydrogen-bond acceptors (Lipinski definition) is 7. The van der Waals surface area contributed by atoms with Crippen molar-refractivity contribution in [2.24, 2.45) is 0 Å². The Kier molecular flexibility index (Phi) is 6.07. The molecule has 0 bridgehead atoms. The minimum absolute atomic E-state index is 0.0401. The fraction of sp³-hybridized carbons (Fsp3) is 0.409. The summed E-state index contributed by atoms with van der Waals surface area (Å²) in [6.07, 6.45) is 4.51. The van der Waals surface area contributed by atoms with Crippen LogP contribution in [-0.2, 0) is 27.8 Å². The van der Waals surface area contributed by atoms with E-state index < -0.39 is 0 Å². The number of aryl methyl sites for hydroxylation is 2. The summed E-state index contributed by atoms with van der Waals surface area (Å²) in [5.41, 5.74) is 5.95. The van der Waals surface area contributed by atoms with Gasteiger partial charge in [-0.25, -0.2) is 9.97 Å². The standard InChI is InChI=1S/C22H26N4O2S/c1-13-8-16(10-20(27)28-6)14(2)7-15(13)9-19-25-21(26-29-19)17-11-24-18(12-23-17)22(3,4)5/h7-8,11-12H,9-10H2,1-6H3. The Hall–Kier alpha value is -2.67. The number of carbonyl (C=O) groups excluding carboxylic acids is 1. The molecule has 2 heterocycles. The number of nitrogens with zero attached hydrogens (tertiary/aromatic N) is 4. The van der Waals surface area contributed by atoms with Crippen molar-refractivity contribution in [3.63, 3.8) is 0 Å². The van der Waals surface area contributed by atoms with Crippen LogP contribution in [0.15, 0.2) is 24.5 Å². The molecule has 0 aliphatic heterocycles. The van der Waals surface area contributed by atoms with Crippen molar-refractivity contribution in [1.29, 1.82) is 0 Å². The van der Waals surface area contributed by atoms with Gasteiger partial charge in [0.1, 0.15) is 10.7 Å². The number of aromatic nitrogens is 4. The molecule has 0 aliphatic rings. The van der Waals surface area contributed by atoms with E-state index in [2.05, 4.69) is 52.2 Å². The van der Waals surface area contributed by atoms with Gasteiger partial charge < -0.3 is 4.74 Å². The third-order valence-electron chi connectivity index (χ3n) is 4.82. The van der Waals surface area contributed by atoms with Gasteiger partial charge >= 0.3 is 5.97 Å². The lowest BCUT2D eigenvalue weighted by atomic mass is 9.93. The van der Waals surface area contributed by atoms with Crippen LogP contribution < -0.4 is 0 Å². The molecule has 2 aromatic heterocycles. The van der Waals surface area contributed by atoms with Crippen molar-refractivity contribution in [3.8, 4) is 11.5 Å². The number of esters is 1. The Bertz CT molecular complexity index is 1020. The van der Waals surface area contributed by atoms with Gasteiger partial charge in [0.2, 0.25) is 0 Å². The third kappa shape index (κ3) is 5.03. The number of hydrogen-bond donors (Lipinski definition) is 0. The first-order chi connectivity index (χ1) is 13.7. The molecule has 6 nitrogen and oxygen atoms in total. The van der Waals surface area contributed by atoms with Gasteiger partial charge in [0.15, 0.2) is 5.82 Å². The summed E-state index contributed by atoms with van der Waals surface area (Å²) in [6.45, 7) is 10.4. The molecule has 1 aromatic carbocycles. The lowest BCUT2D eigenvalue weighted by Crippen LogP contribution is -2.13. The van der Waals surface area contributed by atoms with Crippen LogP contribution in [0.4, 0.5) is 0 Å². The third-order valence-corrected chi connectivity index (χ3v) is 5.53. The average Bonchev–Trinajstić information content (AvgIpc) is 3.13. The van der Waals surface area contributed by atoms with E-state index in [9.17, 15) is 4.79 Å². The maximum atomic E-state index is 11.6. The number of benzene rings is 1. The summed E-state index contributed by atoms with van der Waals surface area (Å²) in [6, 6.07) is 4.17. The monoisotopic (exact) mass is 410 g/mol. The van der Waals surface area contributed by atoms with Crippen molar-refractivity contribution < 1.29 is 9.53 Å². The Labute approximate surface area is 175 Å². The normalized spacial score (nSPS) is 11.5. The van der Waals surface area contributed by atoms with Crippen molar-refractivity contribution in [2.75, 3.05) is 7.11 Å². The van der Waals surface area contributed by atoms with E-state index in [1.54, 1.807) is 12.4 Å². The van der Waals surface area contributed by atoms with E-state index in [1.807, 2.05) is 13.8 Å². The van der Waals surface area contributed by atoms with E-state index in [4.69, 9.17) is 4.74 Å². The SMILES string of the molecule is COC(=O)Cc1cc(C)c(Cc2nc(-c3cnc(C(C)(C)C)cn3)ns2)cc1C. The molecule has 0 atom stereocenters. The smallest absolute Gasteiger partial charge is 0.309 e. The Morgan fingerprint density at radius 1 is 1.07 bits per heavy atom. The zero-order chi connectivity index (χ0) is 21.2. The van der Waals surface area contributed by atoms with Gasteiger partial charge in [0.05, 0.1) is 25.4 Å². The zero-order valence-corrected chi connectivity index (χ0v) is 18.6. The highest BCUT2D eigenvalue weighted by Gasteiger charge is 2.17. The molecule has 0 saturated carbocycles. The second-order valence-corrected chi connectivity index (χ2v) is 9.02. The van der Waals surface area contributed by atoms with Gasteiger partial charge in [-0.15, -0.1) is 0 Å². The molecule has 0 radical (unpaired) electrons. The van der Waals surface area contributed by atoms with Crippen LogP contribution in [-0.4, -0.2) is 32.4 Å². The molecule has 0 N–H and O–H groups in total. The molecule has 0 fully saturated rings. The largest absolute Gasteiger partial charge is 0.469 e. The summed E-state index contributed by atoms with van der Waals surface area (Å²) in [4.78, 5) is 25.2. The maximum Gasteiger partial charge on any atom is 0.309 e. The number of ether oxygens (including phenoxy) is 1. The minimum Gasteiger partial charge on any atom is -0.469 e. The first kappa shape index (κ1) is 21.0. The zero-order valence-electron chi connectivity index (χ0n) is 17.7. The van der Waals surface area contributed by atoms with E-state index >= 15 is 0 Å². The summed E-state index contributed by atoms with van der Waals surface area (Å²) < 4.78 is 9.24. The Balaban J connectivity index is 1.78. The van der Waals surface area contributed by atoms with E-state index in [0.29, 0.717) is 17.9 Å². The predicted molar refractivity (Wildman–Crippen MR) is 114 cm³/mol. The first-order valence-corrected chi connectivity index (χ1v) is 10.3. The second-order valence-electron chi connectivity index (χ2n) is 8.18. The maximum absolute atomic E-state index is 11.6. The van der Waals surface area contributed by atoms with E-state index in [-0.39, 0.29) is 17.8 Å². The molecule has 0 saturated heterocycles. The number of rotatable bonds is 5. The molecule has 3 rings (SSSR count). The number of methoxy groups -OCH3 is 1. The van der Waals surface area contributed by atoms with Crippen LogP contribution in [0.3, 0.4) is 0 Å². The van der Waals surface area contributed by atoms with Crippen molar-refractivity contribution >= 4 is 17.5 Å². The summed E-state index contributed by atoms with van der Waals surface area (Å²) in [5, 5.41) is 0.921. The first-order valence-electron chi connectivity index (χ1n) is 9.48. The molecule has 0 amide bonds. The van der Waals surface area contributed by atoms with Crippen LogP contribution in [0, 0.1) is 13.8 Å². The highest BCUT2D eigenvalue weighted by molar-refractivity contribution is 7.05. The van der Waals surface area contributed by atoms with Gasteiger partial charge in [-0.3, -0.25) is 9.78 Å². The van der Waals surface area contributed by atoms with Crippen LogP contribution in [0.5, 0.6) is 0 Å². The van der Waals surface area contributed by atoms with Crippen LogP contribution >= 0.6 is 11.5 Å². The highest BCUT2D eigenvalue weighted by Crippen LogP contribution is 2.24. The van der Waals surface area contributed by atoms with Crippen LogP contribution in [0.25, 0.3) is 11.5 Å². The molecule has 0 unspecified atom stereocenters. The van der Waals surface area contributed by atoms with Crippen molar-refractivity contribution in [2.45, 2.75) is 52.9 Å². The molecule has 7 heteroatoms. The van der Waals surface area contributed by atoms with Crippen LogP contribution in [0.2, 0.25) is 0 Å². The van der Waals surface area contributed by atoms with Gasteiger partial charge in [0, 0.05) is 18.0 Å². The Morgan fingerprint density at radius 3 is 2.38 bits per heavy atom. The minimum atomic E-state index is -0.229. The second kappa shape index (κ2) is 8.37. The molecule has 29 heavy (non-hydrogen) atoms. The van der Waals surface area contributed by atoms with E-state index in [1.165, 1.54) is 24.2 Å². The molecular weight excluding hydrogens is 384 g/mol. The molecule has 152 valence electrons. The van der Waals surface area contributed by atoms with Crippen molar-refractivity contribution in [3.05, 3.63) is 57.5 Å². The summed E-state index contributed by atoms with van der Waals surface area (Å²) >= 11 is 1.38. The van der Waals surface area contributed by atoms with Crippen molar-refractivity contribution in [1.82, 2.24) is 19.3 Å². The number of carbonyl (C=O) groups is 1. The predicted octanol–water partition coefficient (Wildman–Crippen LogP) is 4.22. The fourth-order valence-electron chi connectivity index (χ4n) is 2.97. The Morgan fingerprint density at radius 2 is 1.76 bits per heavy atom. The van der Waals surface area contributed by atoms with Gasteiger partial charge in [-0.2, -0.15) is 4.37 Å². The lowest BCUT2D eigenvalue weighted by molar-refractivity contribution is -0.139. The van der Waals surface area contributed by atoms with Crippen LogP contribution in [0.1, 0.15) is 53.7 Å². The highest BCUT2D eigenvalue weighted by atomic mass is 32.1. The van der Waals surface area contributed by atoms with Gasteiger partial charge in [-0.05, 0) is 47.6 Å². The molecule has 3 aromatic rings.